The number of aromatic nitrogens is 2. The van der Waals surface area contributed by atoms with E-state index in [2.05, 4.69) is 14.9 Å². The van der Waals surface area contributed by atoms with Gasteiger partial charge in [-0.3, -0.25) is 9.69 Å². The number of fused-ring (bicyclic) bond motifs is 1. The molecule has 0 spiro atoms. The van der Waals surface area contributed by atoms with E-state index in [4.69, 9.17) is 0 Å². The van der Waals surface area contributed by atoms with E-state index in [0.717, 1.165) is 28.9 Å². The minimum absolute atomic E-state index is 0.0927. The van der Waals surface area contributed by atoms with Crippen LogP contribution in [0.5, 0.6) is 0 Å². The first-order valence-electron chi connectivity index (χ1n) is 7.67. The Kier molecular flexibility index (Phi) is 3.72. The highest BCUT2D eigenvalue weighted by molar-refractivity contribution is 7.17. The van der Waals surface area contributed by atoms with E-state index in [1.165, 1.54) is 11.3 Å². The zero-order valence-corrected chi connectivity index (χ0v) is 13.3. The number of aliphatic hydroxyl groups excluding tert-OH is 1. The largest absolute Gasteiger partial charge is 0.392 e. The number of hydrogen-bond donors (Lipinski definition) is 2. The molecule has 1 aromatic carbocycles. The Balaban J connectivity index is 1.71. The maximum absolute atomic E-state index is 12.5. The fraction of sp³-hybridized carbons (Fsp3) is 0.294. The van der Waals surface area contributed by atoms with Crippen molar-refractivity contribution >= 4 is 21.6 Å². The van der Waals surface area contributed by atoms with Crippen molar-refractivity contribution in [3.05, 3.63) is 51.9 Å². The maximum Gasteiger partial charge on any atom is 0.260 e. The molecule has 1 fully saturated rings. The number of thiophene rings is 1. The average Bonchev–Trinajstić information content (AvgIpc) is 3.15. The highest BCUT2D eigenvalue weighted by Gasteiger charge is 2.21. The van der Waals surface area contributed by atoms with Crippen molar-refractivity contribution in [2.24, 2.45) is 0 Å². The number of H-pyrrole nitrogens is 1. The molecule has 1 aliphatic rings. The molecule has 1 saturated heterocycles. The second-order valence-electron chi connectivity index (χ2n) is 5.89. The van der Waals surface area contributed by atoms with Crippen LogP contribution in [0.3, 0.4) is 0 Å². The molecule has 0 unspecified atom stereocenters. The Morgan fingerprint density at radius 3 is 2.91 bits per heavy atom. The van der Waals surface area contributed by atoms with Gasteiger partial charge < -0.3 is 10.1 Å². The van der Waals surface area contributed by atoms with Crippen molar-refractivity contribution in [3.63, 3.8) is 0 Å². The zero-order valence-electron chi connectivity index (χ0n) is 12.5. The van der Waals surface area contributed by atoms with Gasteiger partial charge in [-0.05, 0) is 12.0 Å². The highest BCUT2D eigenvalue weighted by atomic mass is 32.1. The summed E-state index contributed by atoms with van der Waals surface area (Å²) in [5.74, 6) is 0.665. The van der Waals surface area contributed by atoms with Crippen LogP contribution >= 0.6 is 11.3 Å². The van der Waals surface area contributed by atoms with E-state index in [-0.39, 0.29) is 11.7 Å². The van der Waals surface area contributed by atoms with Crippen LogP contribution in [-0.2, 0) is 6.54 Å². The molecule has 1 atom stereocenters. The first kappa shape index (κ1) is 14.6. The monoisotopic (exact) mass is 327 g/mol. The lowest BCUT2D eigenvalue weighted by atomic mass is 10.1. The van der Waals surface area contributed by atoms with Gasteiger partial charge in [-0.25, -0.2) is 4.98 Å². The third kappa shape index (κ3) is 2.81. The Bertz CT molecular complexity index is 888. The maximum atomic E-state index is 12.5. The molecule has 5 nitrogen and oxygen atoms in total. The molecule has 3 aromatic rings. The van der Waals surface area contributed by atoms with Gasteiger partial charge >= 0.3 is 0 Å². The van der Waals surface area contributed by atoms with Crippen LogP contribution in [0.25, 0.3) is 21.3 Å². The number of hydrogen-bond acceptors (Lipinski definition) is 5. The second kappa shape index (κ2) is 5.88. The predicted molar refractivity (Wildman–Crippen MR) is 91.6 cm³/mol. The number of aromatic amines is 1. The molecule has 0 bridgehead atoms. The van der Waals surface area contributed by atoms with Crippen LogP contribution in [-0.4, -0.2) is 39.2 Å². The molecule has 0 aliphatic carbocycles. The summed E-state index contributed by atoms with van der Waals surface area (Å²) in [4.78, 5) is 22.9. The first-order valence-corrected chi connectivity index (χ1v) is 8.55. The third-order valence-corrected chi connectivity index (χ3v) is 5.07. The molecule has 6 heteroatoms. The van der Waals surface area contributed by atoms with Crippen LogP contribution < -0.4 is 5.56 Å². The van der Waals surface area contributed by atoms with Crippen molar-refractivity contribution in [2.45, 2.75) is 19.1 Å². The number of rotatable bonds is 3. The van der Waals surface area contributed by atoms with E-state index in [1.54, 1.807) is 0 Å². The van der Waals surface area contributed by atoms with E-state index in [0.29, 0.717) is 24.3 Å². The van der Waals surface area contributed by atoms with Gasteiger partial charge in [0.25, 0.3) is 5.56 Å². The smallest absolute Gasteiger partial charge is 0.260 e. The molecule has 0 amide bonds. The summed E-state index contributed by atoms with van der Waals surface area (Å²) in [6, 6.07) is 9.89. The number of nitrogens with one attached hydrogen (secondary N) is 1. The fourth-order valence-electron chi connectivity index (χ4n) is 3.07. The van der Waals surface area contributed by atoms with E-state index >= 15 is 0 Å². The van der Waals surface area contributed by atoms with Crippen molar-refractivity contribution in [2.75, 3.05) is 13.1 Å². The molecule has 0 saturated carbocycles. The number of likely N-dealkylation sites (tertiary alicyclic amines) is 1. The van der Waals surface area contributed by atoms with Gasteiger partial charge in [0.1, 0.15) is 10.7 Å². The Morgan fingerprint density at radius 1 is 1.35 bits per heavy atom. The van der Waals surface area contributed by atoms with Crippen LogP contribution in [0.4, 0.5) is 0 Å². The summed E-state index contributed by atoms with van der Waals surface area (Å²) in [6.07, 6.45) is 0.515. The van der Waals surface area contributed by atoms with Crippen LogP contribution in [0.2, 0.25) is 0 Å². The summed E-state index contributed by atoms with van der Waals surface area (Å²) in [6.45, 7) is 2.05. The third-order valence-electron chi connectivity index (χ3n) is 4.20. The molecule has 118 valence electrons. The lowest BCUT2D eigenvalue weighted by molar-refractivity contribution is 0.174. The standard InChI is InChI=1S/C17H17N3O2S/c21-12-6-7-20(8-12)9-14-18-16(22)15-13(10-23-17(15)19-14)11-4-2-1-3-5-11/h1-5,10,12,21H,6-9H2,(H,18,19,22)/t12-/m0/s1. The molecular formula is C17H17N3O2S. The number of β-amino-alcohol motifs (C(OH)–C–C–N with tert-alkyl or cyclic N) is 1. The van der Waals surface area contributed by atoms with Gasteiger partial charge in [-0.2, -0.15) is 0 Å². The lowest BCUT2D eigenvalue weighted by Crippen LogP contribution is -2.24. The van der Waals surface area contributed by atoms with Crippen molar-refractivity contribution in [3.8, 4) is 11.1 Å². The quantitative estimate of drug-likeness (QED) is 0.774. The van der Waals surface area contributed by atoms with Crippen LogP contribution in [0.15, 0.2) is 40.5 Å². The van der Waals surface area contributed by atoms with Crippen LogP contribution in [0, 0.1) is 0 Å². The number of benzene rings is 1. The van der Waals surface area contributed by atoms with E-state index in [1.807, 2.05) is 35.7 Å². The van der Waals surface area contributed by atoms with Gasteiger partial charge in [-0.15, -0.1) is 11.3 Å². The van der Waals surface area contributed by atoms with Gasteiger partial charge in [-0.1, -0.05) is 30.3 Å². The van der Waals surface area contributed by atoms with Crippen molar-refractivity contribution in [1.82, 2.24) is 14.9 Å². The SMILES string of the molecule is O=c1[nH]c(CN2CC[C@H](O)C2)nc2scc(-c3ccccc3)c12. The topological polar surface area (TPSA) is 69.2 Å². The highest BCUT2D eigenvalue weighted by Crippen LogP contribution is 2.30. The summed E-state index contributed by atoms with van der Waals surface area (Å²) < 4.78 is 0. The van der Waals surface area contributed by atoms with Crippen molar-refractivity contribution in [1.29, 1.82) is 0 Å². The Morgan fingerprint density at radius 2 is 2.17 bits per heavy atom. The second-order valence-corrected chi connectivity index (χ2v) is 6.74. The Labute approximate surface area is 137 Å². The summed E-state index contributed by atoms with van der Waals surface area (Å²) in [7, 11) is 0. The molecule has 1 aliphatic heterocycles. The van der Waals surface area contributed by atoms with Gasteiger partial charge in [0.15, 0.2) is 0 Å². The normalized spacial score (nSPS) is 18.7. The minimum Gasteiger partial charge on any atom is -0.392 e. The fourth-order valence-corrected chi connectivity index (χ4v) is 4.03. The Hall–Kier alpha value is -2.02. The number of nitrogens with zero attached hydrogens (tertiary/aromatic N) is 2. The average molecular weight is 327 g/mol. The molecule has 2 N–H and O–H groups in total. The molecular weight excluding hydrogens is 310 g/mol. The zero-order chi connectivity index (χ0) is 15.8. The van der Waals surface area contributed by atoms with Gasteiger partial charge in [0.2, 0.25) is 0 Å². The first-order chi connectivity index (χ1) is 11.2. The summed E-state index contributed by atoms with van der Waals surface area (Å²) in [5.41, 5.74) is 1.87. The van der Waals surface area contributed by atoms with E-state index < -0.39 is 0 Å². The van der Waals surface area contributed by atoms with Crippen LogP contribution in [0.1, 0.15) is 12.2 Å². The molecule has 4 rings (SSSR count). The molecule has 0 radical (unpaired) electrons. The van der Waals surface area contributed by atoms with Crippen molar-refractivity contribution < 1.29 is 5.11 Å². The predicted octanol–water partition coefficient (Wildman–Crippen LogP) is 2.22. The van der Waals surface area contributed by atoms with Gasteiger partial charge in [0, 0.05) is 24.0 Å². The lowest BCUT2D eigenvalue weighted by Gasteiger charge is -2.13. The summed E-state index contributed by atoms with van der Waals surface area (Å²) in [5, 5.41) is 12.3. The molecule has 3 heterocycles. The minimum atomic E-state index is -0.267. The van der Waals surface area contributed by atoms with Gasteiger partial charge in [0.05, 0.1) is 18.0 Å². The number of aliphatic hydroxyl groups is 1. The van der Waals surface area contributed by atoms with E-state index in [9.17, 15) is 9.90 Å². The molecule has 2 aromatic heterocycles. The molecule has 23 heavy (non-hydrogen) atoms. The summed E-state index contributed by atoms with van der Waals surface area (Å²) >= 11 is 1.50.